The fourth-order valence-corrected chi connectivity index (χ4v) is 3.72. The molecule has 4 nitrogen and oxygen atoms in total. The number of aliphatic imine (C=N–C) groups is 1. The van der Waals surface area contributed by atoms with Crippen LogP contribution in [0.1, 0.15) is 31.2 Å². The van der Waals surface area contributed by atoms with Crippen LogP contribution in [-0.4, -0.2) is 31.1 Å². The van der Waals surface area contributed by atoms with E-state index in [1.165, 1.54) is 42.1 Å². The minimum atomic E-state index is 0.606. The summed E-state index contributed by atoms with van der Waals surface area (Å²) in [7, 11) is 1.86. The molecule has 2 fully saturated rings. The highest BCUT2D eigenvalue weighted by molar-refractivity contribution is 5.83. The summed E-state index contributed by atoms with van der Waals surface area (Å²) in [6.07, 6.45) is 8.80. The van der Waals surface area contributed by atoms with E-state index in [0.29, 0.717) is 5.41 Å². The number of guanidine groups is 1. The number of nitrogens with zero attached hydrogens (tertiary/aromatic N) is 1. The zero-order valence-electron chi connectivity index (χ0n) is 13.9. The number of aromatic amines is 1. The molecule has 2 aliphatic carbocycles. The van der Waals surface area contributed by atoms with Gasteiger partial charge >= 0.3 is 0 Å². The summed E-state index contributed by atoms with van der Waals surface area (Å²) in [5.74, 6) is 1.93. The Kier molecular flexibility index (Phi) is 3.76. The first-order chi connectivity index (χ1) is 11.3. The van der Waals surface area contributed by atoms with Crippen LogP contribution in [0.3, 0.4) is 0 Å². The molecule has 1 aromatic heterocycles. The summed E-state index contributed by atoms with van der Waals surface area (Å²) >= 11 is 0. The van der Waals surface area contributed by atoms with Crippen molar-refractivity contribution < 1.29 is 0 Å². The SMILES string of the molecule is CN=C(NCCc1c[nH]c2ccccc12)NCC1(C2CC2)CC1. The van der Waals surface area contributed by atoms with Gasteiger partial charge in [-0.25, -0.2) is 0 Å². The zero-order valence-corrected chi connectivity index (χ0v) is 13.9. The standard InChI is InChI=1S/C19H26N4/c1-20-18(23-13-19(9-10-19)15-6-7-15)21-11-8-14-12-22-17-5-3-2-4-16(14)17/h2-5,12,15,22H,6-11,13H2,1H3,(H2,20,21,23). The van der Waals surface area contributed by atoms with Gasteiger partial charge < -0.3 is 15.6 Å². The summed E-state index contributed by atoms with van der Waals surface area (Å²) in [5.41, 5.74) is 3.18. The molecule has 122 valence electrons. The number of para-hydroxylation sites is 1. The molecule has 2 saturated carbocycles. The minimum Gasteiger partial charge on any atom is -0.361 e. The van der Waals surface area contributed by atoms with Gasteiger partial charge in [0, 0.05) is 37.2 Å². The van der Waals surface area contributed by atoms with E-state index in [1.54, 1.807) is 0 Å². The highest BCUT2D eigenvalue weighted by atomic mass is 15.2. The second kappa shape index (κ2) is 5.91. The molecule has 0 saturated heterocycles. The van der Waals surface area contributed by atoms with E-state index in [2.05, 4.69) is 51.1 Å². The van der Waals surface area contributed by atoms with Gasteiger partial charge in [0.1, 0.15) is 0 Å². The quantitative estimate of drug-likeness (QED) is 0.567. The van der Waals surface area contributed by atoms with E-state index < -0.39 is 0 Å². The summed E-state index contributed by atoms with van der Waals surface area (Å²) in [6, 6.07) is 8.47. The molecule has 1 heterocycles. The first-order valence-corrected chi connectivity index (χ1v) is 8.80. The molecule has 0 spiro atoms. The normalized spacial score (nSPS) is 19.8. The lowest BCUT2D eigenvalue weighted by Gasteiger charge is -2.18. The van der Waals surface area contributed by atoms with Crippen molar-refractivity contribution in [1.29, 1.82) is 0 Å². The van der Waals surface area contributed by atoms with Crippen LogP contribution in [0.2, 0.25) is 0 Å². The van der Waals surface area contributed by atoms with Crippen LogP contribution in [0.15, 0.2) is 35.5 Å². The number of aromatic nitrogens is 1. The van der Waals surface area contributed by atoms with Crippen molar-refractivity contribution in [3.8, 4) is 0 Å². The first kappa shape index (κ1) is 14.6. The monoisotopic (exact) mass is 310 g/mol. The number of hydrogen-bond donors (Lipinski definition) is 3. The predicted molar refractivity (Wildman–Crippen MR) is 95.8 cm³/mol. The average Bonchev–Trinajstić information content (AvgIpc) is 3.48. The van der Waals surface area contributed by atoms with Gasteiger partial charge in [-0.15, -0.1) is 0 Å². The molecule has 0 amide bonds. The van der Waals surface area contributed by atoms with E-state index in [-0.39, 0.29) is 0 Å². The third-order valence-corrected chi connectivity index (χ3v) is 5.53. The predicted octanol–water partition coefficient (Wildman–Crippen LogP) is 3.07. The van der Waals surface area contributed by atoms with Crippen LogP contribution in [0.4, 0.5) is 0 Å². The number of hydrogen-bond acceptors (Lipinski definition) is 1. The lowest BCUT2D eigenvalue weighted by Crippen LogP contribution is -2.41. The molecule has 0 radical (unpaired) electrons. The van der Waals surface area contributed by atoms with Crippen LogP contribution in [0.25, 0.3) is 10.9 Å². The largest absolute Gasteiger partial charge is 0.361 e. The molecule has 3 N–H and O–H groups in total. The van der Waals surface area contributed by atoms with Crippen LogP contribution < -0.4 is 10.6 Å². The molecule has 4 rings (SSSR count). The third-order valence-electron chi connectivity index (χ3n) is 5.53. The van der Waals surface area contributed by atoms with Gasteiger partial charge in [0.05, 0.1) is 0 Å². The highest BCUT2D eigenvalue weighted by Gasteiger charge is 2.53. The summed E-state index contributed by atoms with van der Waals surface area (Å²) in [6.45, 7) is 1.99. The second-order valence-electron chi connectivity index (χ2n) is 7.10. The third kappa shape index (κ3) is 3.07. The van der Waals surface area contributed by atoms with Crippen molar-refractivity contribution in [2.75, 3.05) is 20.1 Å². The van der Waals surface area contributed by atoms with E-state index in [9.17, 15) is 0 Å². The van der Waals surface area contributed by atoms with Crippen LogP contribution >= 0.6 is 0 Å². The number of fused-ring (bicyclic) bond motifs is 1. The van der Waals surface area contributed by atoms with Crippen molar-refractivity contribution in [1.82, 2.24) is 15.6 Å². The Morgan fingerprint density at radius 2 is 2.09 bits per heavy atom. The molecule has 0 unspecified atom stereocenters. The van der Waals surface area contributed by atoms with E-state index >= 15 is 0 Å². The van der Waals surface area contributed by atoms with E-state index in [1.807, 2.05) is 7.05 Å². The van der Waals surface area contributed by atoms with Gasteiger partial charge in [-0.05, 0) is 55.1 Å². The molecule has 2 aliphatic rings. The maximum atomic E-state index is 4.37. The molecular formula is C19H26N4. The lowest BCUT2D eigenvalue weighted by molar-refractivity contribution is 0.431. The van der Waals surface area contributed by atoms with Crippen molar-refractivity contribution in [2.45, 2.75) is 32.1 Å². The molecule has 0 atom stereocenters. The van der Waals surface area contributed by atoms with Gasteiger partial charge in [-0.2, -0.15) is 0 Å². The number of nitrogens with one attached hydrogen (secondary N) is 3. The first-order valence-electron chi connectivity index (χ1n) is 8.80. The van der Waals surface area contributed by atoms with E-state index in [0.717, 1.165) is 31.4 Å². The minimum absolute atomic E-state index is 0.606. The fraction of sp³-hybridized carbons (Fsp3) is 0.526. The Hall–Kier alpha value is -1.97. The van der Waals surface area contributed by atoms with Crippen molar-refractivity contribution in [3.63, 3.8) is 0 Å². The Bertz CT molecular complexity index is 707. The zero-order chi connectivity index (χ0) is 15.7. The molecule has 0 bridgehead atoms. The van der Waals surface area contributed by atoms with Gasteiger partial charge in [0.15, 0.2) is 5.96 Å². The maximum Gasteiger partial charge on any atom is 0.191 e. The summed E-state index contributed by atoms with van der Waals surface area (Å²) in [5, 5.41) is 8.32. The molecule has 0 aliphatic heterocycles. The van der Waals surface area contributed by atoms with Crippen LogP contribution in [0.5, 0.6) is 0 Å². The van der Waals surface area contributed by atoms with E-state index in [4.69, 9.17) is 0 Å². The fourth-order valence-electron chi connectivity index (χ4n) is 3.72. The molecule has 4 heteroatoms. The number of rotatable bonds is 6. The van der Waals surface area contributed by atoms with Crippen molar-refractivity contribution in [3.05, 3.63) is 36.0 Å². The maximum absolute atomic E-state index is 4.37. The van der Waals surface area contributed by atoms with Crippen LogP contribution in [0, 0.1) is 11.3 Å². The second-order valence-corrected chi connectivity index (χ2v) is 7.10. The van der Waals surface area contributed by atoms with Crippen molar-refractivity contribution in [2.24, 2.45) is 16.3 Å². The molecule has 1 aromatic carbocycles. The smallest absolute Gasteiger partial charge is 0.191 e. The van der Waals surface area contributed by atoms with Gasteiger partial charge in [-0.3, -0.25) is 4.99 Å². The summed E-state index contributed by atoms with van der Waals surface area (Å²) in [4.78, 5) is 7.71. The van der Waals surface area contributed by atoms with Gasteiger partial charge in [0.25, 0.3) is 0 Å². The van der Waals surface area contributed by atoms with Crippen molar-refractivity contribution >= 4 is 16.9 Å². The molecule has 23 heavy (non-hydrogen) atoms. The van der Waals surface area contributed by atoms with Gasteiger partial charge in [-0.1, -0.05) is 18.2 Å². The Balaban J connectivity index is 1.27. The summed E-state index contributed by atoms with van der Waals surface area (Å²) < 4.78 is 0. The Labute approximate surface area is 137 Å². The Morgan fingerprint density at radius 1 is 1.26 bits per heavy atom. The average molecular weight is 310 g/mol. The highest BCUT2D eigenvalue weighted by Crippen LogP contribution is 2.60. The Morgan fingerprint density at radius 3 is 2.83 bits per heavy atom. The topological polar surface area (TPSA) is 52.2 Å². The van der Waals surface area contributed by atoms with Gasteiger partial charge in [0.2, 0.25) is 0 Å². The molecular weight excluding hydrogens is 284 g/mol. The number of benzene rings is 1. The lowest BCUT2D eigenvalue weighted by atomic mass is 10.0. The molecule has 2 aromatic rings. The van der Waals surface area contributed by atoms with Crippen LogP contribution in [-0.2, 0) is 6.42 Å². The number of H-pyrrole nitrogens is 1.